The van der Waals surface area contributed by atoms with E-state index in [1.807, 2.05) is 27.7 Å². The smallest absolute Gasteiger partial charge is 0.256 e. The van der Waals surface area contributed by atoms with Gasteiger partial charge in [0.2, 0.25) is 18.4 Å². The molecule has 0 amide bonds. The van der Waals surface area contributed by atoms with E-state index in [0.717, 1.165) is 12.8 Å². The first-order valence-electron chi connectivity index (χ1n) is 16.2. The van der Waals surface area contributed by atoms with E-state index in [0.29, 0.717) is 52.7 Å². The molecule has 0 aromatic heterocycles. The standard InChI is InChI=1S/C31H52O12/c1-19-15-34-24(35-16-19)23-17-36-25(29(7)37-12-9-13-38-29)43-30(23,26-40-20(2)14-21(3)41-26)31(27-32-10-8-11-33-27)39-18-28(5,6)22(4)42-31/h19-27H,8-18H2,1-7H3. The van der Waals surface area contributed by atoms with E-state index >= 15 is 0 Å². The maximum Gasteiger partial charge on any atom is 0.256 e. The van der Waals surface area contributed by atoms with Crippen LogP contribution in [0.5, 0.6) is 0 Å². The van der Waals surface area contributed by atoms with Gasteiger partial charge in [0.15, 0.2) is 18.2 Å². The minimum atomic E-state index is -1.67. The number of hydrogen-bond acceptors (Lipinski definition) is 12. The van der Waals surface area contributed by atoms with Crippen LogP contribution in [0, 0.1) is 17.3 Å². The minimum absolute atomic E-state index is 0.136. The van der Waals surface area contributed by atoms with E-state index in [-0.39, 0.29) is 36.3 Å². The molecular weight excluding hydrogens is 564 g/mol. The van der Waals surface area contributed by atoms with Crippen molar-refractivity contribution in [3.05, 3.63) is 0 Å². The lowest BCUT2D eigenvalue weighted by molar-refractivity contribution is -0.536. The second-order valence-corrected chi connectivity index (χ2v) is 14.0. The van der Waals surface area contributed by atoms with Crippen molar-refractivity contribution >= 4 is 0 Å². The van der Waals surface area contributed by atoms with Crippen molar-refractivity contribution in [2.75, 3.05) is 52.9 Å². The molecule has 6 fully saturated rings. The van der Waals surface area contributed by atoms with Gasteiger partial charge < -0.3 is 56.8 Å². The van der Waals surface area contributed by atoms with Crippen LogP contribution in [0.2, 0.25) is 0 Å². The van der Waals surface area contributed by atoms with Crippen LogP contribution in [0.4, 0.5) is 0 Å². The summed E-state index contributed by atoms with van der Waals surface area (Å²) in [5.74, 6) is -3.29. The molecule has 248 valence electrons. The highest BCUT2D eigenvalue weighted by Crippen LogP contribution is 2.56. The Morgan fingerprint density at radius 3 is 1.86 bits per heavy atom. The van der Waals surface area contributed by atoms with Crippen LogP contribution < -0.4 is 0 Å². The first-order chi connectivity index (χ1) is 20.5. The van der Waals surface area contributed by atoms with Gasteiger partial charge in [-0.15, -0.1) is 0 Å². The molecule has 6 aliphatic rings. The lowest BCUT2D eigenvalue weighted by Crippen LogP contribution is -2.82. The maximum absolute atomic E-state index is 7.27. The Hall–Kier alpha value is -0.480. The second kappa shape index (κ2) is 12.6. The predicted molar refractivity (Wildman–Crippen MR) is 150 cm³/mol. The van der Waals surface area contributed by atoms with Gasteiger partial charge in [0.05, 0.1) is 77.1 Å². The average Bonchev–Trinajstić information content (AvgIpc) is 2.99. The minimum Gasteiger partial charge on any atom is -0.352 e. The quantitative estimate of drug-likeness (QED) is 0.452. The monoisotopic (exact) mass is 616 g/mol. The van der Waals surface area contributed by atoms with Gasteiger partial charge in [0.1, 0.15) is 0 Å². The maximum atomic E-state index is 7.27. The molecule has 0 aromatic carbocycles. The number of rotatable bonds is 5. The topological polar surface area (TPSA) is 111 Å². The van der Waals surface area contributed by atoms with Crippen molar-refractivity contribution in [2.24, 2.45) is 17.3 Å². The highest BCUT2D eigenvalue weighted by molar-refractivity contribution is 5.12. The molecule has 0 bridgehead atoms. The van der Waals surface area contributed by atoms with Gasteiger partial charge in [-0.1, -0.05) is 20.8 Å². The molecule has 6 saturated heterocycles. The third kappa shape index (κ3) is 5.94. The van der Waals surface area contributed by atoms with Crippen LogP contribution in [0.15, 0.2) is 0 Å². The Balaban J connectivity index is 1.53. The summed E-state index contributed by atoms with van der Waals surface area (Å²) in [6.45, 7) is 17.7. The lowest BCUT2D eigenvalue weighted by atomic mass is 9.74. The third-order valence-corrected chi connectivity index (χ3v) is 9.71. The second-order valence-electron chi connectivity index (χ2n) is 14.0. The molecule has 0 radical (unpaired) electrons. The van der Waals surface area contributed by atoms with E-state index in [2.05, 4.69) is 20.8 Å². The summed E-state index contributed by atoms with van der Waals surface area (Å²) in [4.78, 5) is 0. The van der Waals surface area contributed by atoms with Gasteiger partial charge in [-0.2, -0.15) is 0 Å². The first-order valence-corrected chi connectivity index (χ1v) is 16.2. The molecule has 0 spiro atoms. The van der Waals surface area contributed by atoms with Gasteiger partial charge in [-0.05, 0) is 47.0 Å². The summed E-state index contributed by atoms with van der Waals surface area (Å²) in [5, 5.41) is 0. The molecule has 7 unspecified atom stereocenters. The van der Waals surface area contributed by atoms with Crippen molar-refractivity contribution in [2.45, 2.75) is 128 Å². The largest absolute Gasteiger partial charge is 0.352 e. The molecule has 6 aliphatic heterocycles. The number of hydrogen-bond donors (Lipinski definition) is 0. The molecule has 43 heavy (non-hydrogen) atoms. The Bertz CT molecular complexity index is 920. The van der Waals surface area contributed by atoms with Gasteiger partial charge in [-0.3, -0.25) is 0 Å². The van der Waals surface area contributed by atoms with Crippen molar-refractivity contribution in [3.63, 3.8) is 0 Å². The molecule has 0 aliphatic carbocycles. The fourth-order valence-electron chi connectivity index (χ4n) is 6.84. The van der Waals surface area contributed by atoms with Gasteiger partial charge in [0.25, 0.3) is 5.79 Å². The van der Waals surface area contributed by atoms with E-state index in [9.17, 15) is 0 Å². The molecule has 0 N–H and O–H groups in total. The molecule has 0 aromatic rings. The third-order valence-electron chi connectivity index (χ3n) is 9.71. The highest BCUT2D eigenvalue weighted by Gasteiger charge is 2.77. The van der Waals surface area contributed by atoms with Crippen molar-refractivity contribution in [1.82, 2.24) is 0 Å². The first kappa shape index (κ1) is 32.5. The van der Waals surface area contributed by atoms with Gasteiger partial charge in [0, 0.05) is 11.3 Å². The zero-order chi connectivity index (χ0) is 30.5. The normalized spacial score (nSPS) is 48.1. The molecule has 6 rings (SSSR count). The molecule has 6 heterocycles. The molecule has 12 nitrogen and oxygen atoms in total. The lowest BCUT2D eigenvalue weighted by Gasteiger charge is -2.64. The van der Waals surface area contributed by atoms with Crippen LogP contribution in [-0.2, 0) is 56.8 Å². The van der Waals surface area contributed by atoms with E-state index in [1.54, 1.807) is 0 Å². The van der Waals surface area contributed by atoms with E-state index in [1.165, 1.54) is 0 Å². The average molecular weight is 617 g/mol. The van der Waals surface area contributed by atoms with Crippen LogP contribution in [0.1, 0.15) is 67.7 Å². The molecule has 12 heteroatoms. The summed E-state index contributed by atoms with van der Waals surface area (Å²) < 4.78 is 79.1. The SMILES string of the molecule is CC1COC(C2COC(C3(C)OCCCO3)OC2(C2OC(C)CC(C)O2)C2(C3OCCCO3)OCC(C)(C)C(C)O2)OC1. The molecule has 0 saturated carbocycles. The summed E-state index contributed by atoms with van der Waals surface area (Å²) in [7, 11) is 0. The van der Waals surface area contributed by atoms with Crippen molar-refractivity contribution in [1.29, 1.82) is 0 Å². The van der Waals surface area contributed by atoms with Crippen LogP contribution in [0.3, 0.4) is 0 Å². The van der Waals surface area contributed by atoms with Crippen LogP contribution in [-0.4, -0.2) is 114 Å². The number of ether oxygens (including phenoxy) is 12. The molecule has 7 atom stereocenters. The summed E-state index contributed by atoms with van der Waals surface area (Å²) in [6.07, 6.45) is -2.06. The van der Waals surface area contributed by atoms with Crippen molar-refractivity contribution in [3.8, 4) is 0 Å². The fourth-order valence-corrected chi connectivity index (χ4v) is 6.84. The van der Waals surface area contributed by atoms with Gasteiger partial charge >= 0.3 is 0 Å². The Kier molecular flexibility index (Phi) is 9.52. The fraction of sp³-hybridized carbons (Fsp3) is 1.00. The summed E-state index contributed by atoms with van der Waals surface area (Å²) in [5.41, 5.74) is -1.90. The zero-order valence-corrected chi connectivity index (χ0v) is 26.9. The van der Waals surface area contributed by atoms with E-state index < -0.39 is 48.3 Å². The summed E-state index contributed by atoms with van der Waals surface area (Å²) >= 11 is 0. The van der Waals surface area contributed by atoms with Crippen LogP contribution in [0.25, 0.3) is 0 Å². The Morgan fingerprint density at radius 1 is 0.605 bits per heavy atom. The van der Waals surface area contributed by atoms with Gasteiger partial charge in [-0.25, -0.2) is 0 Å². The van der Waals surface area contributed by atoms with Crippen LogP contribution >= 0.6 is 0 Å². The zero-order valence-electron chi connectivity index (χ0n) is 26.9. The predicted octanol–water partition coefficient (Wildman–Crippen LogP) is 3.34. The summed E-state index contributed by atoms with van der Waals surface area (Å²) in [6, 6.07) is 0. The highest BCUT2D eigenvalue weighted by atomic mass is 16.8. The van der Waals surface area contributed by atoms with E-state index in [4.69, 9.17) is 56.8 Å². The molecular formula is C31H52O12. The van der Waals surface area contributed by atoms with Crippen molar-refractivity contribution < 1.29 is 56.8 Å². The Morgan fingerprint density at radius 2 is 1.23 bits per heavy atom. The Labute approximate surface area is 255 Å².